The van der Waals surface area contributed by atoms with Crippen molar-refractivity contribution in [3.63, 3.8) is 0 Å². The highest BCUT2D eigenvalue weighted by molar-refractivity contribution is 7.89. The zero-order valence-electron chi connectivity index (χ0n) is 11.3. The predicted octanol–water partition coefficient (Wildman–Crippen LogP) is 1.31. The zero-order chi connectivity index (χ0) is 13.8. The molecule has 104 valence electrons. The summed E-state index contributed by atoms with van der Waals surface area (Å²) in [5, 5.41) is 12.7. The number of aromatic nitrogens is 3. The Balaban J connectivity index is 3.00. The van der Waals surface area contributed by atoms with Crippen molar-refractivity contribution in [2.24, 2.45) is 11.1 Å². The van der Waals surface area contributed by atoms with E-state index in [0.29, 0.717) is 18.3 Å². The molecule has 18 heavy (non-hydrogen) atoms. The van der Waals surface area contributed by atoms with Gasteiger partial charge in [-0.15, -0.1) is 10.2 Å². The predicted molar refractivity (Wildman–Crippen MR) is 69.5 cm³/mol. The first-order valence-electron chi connectivity index (χ1n) is 6.31. The van der Waals surface area contributed by atoms with Gasteiger partial charge >= 0.3 is 0 Å². The second kappa shape index (κ2) is 6.29. The molecule has 0 spiro atoms. The van der Waals surface area contributed by atoms with Gasteiger partial charge in [0.2, 0.25) is 0 Å². The molecule has 0 saturated carbocycles. The van der Waals surface area contributed by atoms with Crippen LogP contribution in [0.1, 0.15) is 45.9 Å². The topological polar surface area (TPSA) is 90.9 Å². The molecular weight excluding hydrogens is 252 g/mol. The molecule has 0 saturated heterocycles. The fraction of sp³-hybridized carbons (Fsp3) is 0.818. The molecule has 0 fully saturated rings. The van der Waals surface area contributed by atoms with E-state index in [1.165, 1.54) is 0 Å². The third-order valence-electron chi connectivity index (χ3n) is 2.60. The lowest BCUT2D eigenvalue weighted by Crippen LogP contribution is -2.21. The molecule has 0 aliphatic carbocycles. The third kappa shape index (κ3) is 4.06. The van der Waals surface area contributed by atoms with Crippen molar-refractivity contribution in [3.8, 4) is 0 Å². The molecule has 0 aliphatic heterocycles. The van der Waals surface area contributed by atoms with Crippen LogP contribution in [0, 0.1) is 5.92 Å². The summed E-state index contributed by atoms with van der Waals surface area (Å²) < 4.78 is 24.5. The number of primary sulfonamides is 1. The van der Waals surface area contributed by atoms with Crippen LogP contribution < -0.4 is 5.14 Å². The van der Waals surface area contributed by atoms with Crippen molar-refractivity contribution in [3.05, 3.63) is 5.82 Å². The lowest BCUT2D eigenvalue weighted by molar-refractivity contribution is 0.466. The van der Waals surface area contributed by atoms with E-state index in [-0.39, 0.29) is 5.16 Å². The molecule has 0 aromatic carbocycles. The smallest absolute Gasteiger partial charge is 0.273 e. The van der Waals surface area contributed by atoms with Gasteiger partial charge in [0.25, 0.3) is 15.2 Å². The summed E-state index contributed by atoms with van der Waals surface area (Å²) in [6.45, 7) is 6.72. The molecule has 0 bridgehead atoms. The molecule has 1 heterocycles. The SMILES string of the molecule is CCCCCc1nnc(S(N)(=O)=O)n1CC(C)C. The summed E-state index contributed by atoms with van der Waals surface area (Å²) in [6, 6.07) is 0. The van der Waals surface area contributed by atoms with Crippen LogP contribution in [0.5, 0.6) is 0 Å². The maximum atomic E-state index is 11.4. The Kier molecular flexibility index (Phi) is 5.28. The molecule has 0 aliphatic rings. The largest absolute Gasteiger partial charge is 0.300 e. The van der Waals surface area contributed by atoms with Crippen LogP contribution in [0.3, 0.4) is 0 Å². The van der Waals surface area contributed by atoms with Crippen molar-refractivity contribution in [2.45, 2.75) is 58.2 Å². The molecule has 0 unspecified atom stereocenters. The van der Waals surface area contributed by atoms with Crippen LogP contribution >= 0.6 is 0 Å². The number of hydrogen-bond donors (Lipinski definition) is 1. The molecule has 0 atom stereocenters. The van der Waals surface area contributed by atoms with Crippen molar-refractivity contribution in [1.29, 1.82) is 0 Å². The quantitative estimate of drug-likeness (QED) is 0.759. The van der Waals surface area contributed by atoms with Crippen molar-refractivity contribution in [1.82, 2.24) is 14.8 Å². The van der Waals surface area contributed by atoms with E-state index in [9.17, 15) is 8.42 Å². The fourth-order valence-electron chi connectivity index (χ4n) is 1.80. The zero-order valence-corrected chi connectivity index (χ0v) is 12.1. The molecule has 1 aromatic heterocycles. The lowest BCUT2D eigenvalue weighted by atomic mass is 10.2. The summed E-state index contributed by atoms with van der Waals surface area (Å²) >= 11 is 0. The van der Waals surface area contributed by atoms with Gasteiger partial charge in [-0.25, -0.2) is 13.6 Å². The second-order valence-electron chi connectivity index (χ2n) is 4.91. The van der Waals surface area contributed by atoms with Crippen molar-refractivity contribution < 1.29 is 8.42 Å². The summed E-state index contributed by atoms with van der Waals surface area (Å²) in [4.78, 5) is 0. The first-order valence-corrected chi connectivity index (χ1v) is 7.85. The van der Waals surface area contributed by atoms with E-state index in [0.717, 1.165) is 25.7 Å². The molecule has 0 radical (unpaired) electrons. The number of unbranched alkanes of at least 4 members (excludes halogenated alkanes) is 2. The van der Waals surface area contributed by atoms with Crippen molar-refractivity contribution >= 4 is 10.0 Å². The number of sulfonamides is 1. The van der Waals surface area contributed by atoms with Crippen LogP contribution in [-0.4, -0.2) is 23.2 Å². The van der Waals surface area contributed by atoms with Gasteiger partial charge in [-0.05, 0) is 12.3 Å². The van der Waals surface area contributed by atoms with Crippen LogP contribution in [0.25, 0.3) is 0 Å². The molecule has 1 aromatic rings. The molecule has 7 heteroatoms. The Bertz CT molecular complexity index is 479. The molecule has 1 rings (SSSR count). The minimum absolute atomic E-state index is 0.123. The summed E-state index contributed by atoms with van der Waals surface area (Å²) in [6.07, 6.45) is 3.93. The number of nitrogens with zero attached hydrogens (tertiary/aromatic N) is 3. The van der Waals surface area contributed by atoms with E-state index in [2.05, 4.69) is 17.1 Å². The highest BCUT2D eigenvalue weighted by Gasteiger charge is 2.21. The Hall–Kier alpha value is -0.950. The standard InChI is InChI=1S/C11H22N4O2S/c1-4-5-6-7-10-13-14-11(18(12,16)17)15(10)8-9(2)3/h9H,4-8H2,1-3H3,(H2,12,16,17). The number of nitrogens with two attached hydrogens (primary N) is 1. The minimum Gasteiger partial charge on any atom is -0.300 e. The van der Waals surface area contributed by atoms with Crippen LogP contribution in [0.4, 0.5) is 0 Å². The Morgan fingerprint density at radius 1 is 1.28 bits per heavy atom. The van der Waals surface area contributed by atoms with Crippen LogP contribution in [0.15, 0.2) is 5.16 Å². The van der Waals surface area contributed by atoms with Crippen LogP contribution in [0.2, 0.25) is 0 Å². The van der Waals surface area contributed by atoms with Gasteiger partial charge in [-0.2, -0.15) is 0 Å². The molecule has 6 nitrogen and oxygen atoms in total. The van der Waals surface area contributed by atoms with Crippen LogP contribution in [-0.2, 0) is 23.0 Å². The number of aryl methyl sites for hydroxylation is 1. The van der Waals surface area contributed by atoms with Gasteiger partial charge in [0.1, 0.15) is 5.82 Å². The lowest BCUT2D eigenvalue weighted by Gasteiger charge is -2.11. The van der Waals surface area contributed by atoms with Gasteiger partial charge in [-0.3, -0.25) is 0 Å². The van der Waals surface area contributed by atoms with E-state index < -0.39 is 10.0 Å². The molecular formula is C11H22N4O2S. The first-order chi connectivity index (χ1) is 8.36. The second-order valence-corrected chi connectivity index (χ2v) is 6.36. The average molecular weight is 274 g/mol. The van der Waals surface area contributed by atoms with Gasteiger partial charge in [0, 0.05) is 13.0 Å². The van der Waals surface area contributed by atoms with Gasteiger partial charge in [-0.1, -0.05) is 33.6 Å². The Morgan fingerprint density at radius 3 is 2.44 bits per heavy atom. The minimum atomic E-state index is -3.80. The average Bonchev–Trinajstić information content (AvgIpc) is 2.60. The van der Waals surface area contributed by atoms with Gasteiger partial charge < -0.3 is 4.57 Å². The molecule has 2 N–H and O–H groups in total. The Morgan fingerprint density at radius 2 is 1.94 bits per heavy atom. The highest BCUT2D eigenvalue weighted by atomic mass is 32.2. The highest BCUT2D eigenvalue weighted by Crippen LogP contribution is 2.13. The summed E-state index contributed by atoms with van der Waals surface area (Å²) in [5.41, 5.74) is 0. The normalized spacial score (nSPS) is 12.3. The van der Waals surface area contributed by atoms with E-state index in [1.54, 1.807) is 4.57 Å². The van der Waals surface area contributed by atoms with Gasteiger partial charge in [0.15, 0.2) is 0 Å². The monoisotopic (exact) mass is 274 g/mol. The fourth-order valence-corrected chi connectivity index (χ4v) is 2.44. The van der Waals surface area contributed by atoms with Crippen molar-refractivity contribution in [2.75, 3.05) is 0 Å². The van der Waals surface area contributed by atoms with E-state index in [1.807, 2.05) is 13.8 Å². The third-order valence-corrected chi connectivity index (χ3v) is 3.41. The maximum absolute atomic E-state index is 11.4. The summed E-state index contributed by atoms with van der Waals surface area (Å²) in [7, 11) is -3.80. The molecule has 0 amide bonds. The Labute approximate surface area is 109 Å². The number of rotatable bonds is 7. The summed E-state index contributed by atoms with van der Waals surface area (Å²) in [5.74, 6) is 1.02. The van der Waals surface area contributed by atoms with Gasteiger partial charge in [0.05, 0.1) is 0 Å². The van der Waals surface area contributed by atoms with E-state index in [4.69, 9.17) is 5.14 Å². The maximum Gasteiger partial charge on any atom is 0.273 e. The van der Waals surface area contributed by atoms with E-state index >= 15 is 0 Å². The number of hydrogen-bond acceptors (Lipinski definition) is 4. The first kappa shape index (κ1) is 15.1.